The van der Waals surface area contributed by atoms with E-state index in [1.165, 1.54) is 12.1 Å². The number of hydrogen-bond acceptors (Lipinski definition) is 5. The van der Waals surface area contributed by atoms with Gasteiger partial charge in [0.15, 0.2) is 0 Å². The molecule has 1 unspecified atom stereocenters. The van der Waals surface area contributed by atoms with Crippen LogP contribution in [-0.2, 0) is 14.8 Å². The van der Waals surface area contributed by atoms with Gasteiger partial charge in [-0.25, -0.2) is 13.6 Å². The van der Waals surface area contributed by atoms with E-state index < -0.39 is 15.6 Å². The molecule has 0 bridgehead atoms. The van der Waals surface area contributed by atoms with E-state index in [-0.39, 0.29) is 4.90 Å². The number of aliphatic hydroxyl groups is 1. The summed E-state index contributed by atoms with van der Waals surface area (Å²) in [7, 11) is -3.66. The highest BCUT2D eigenvalue weighted by atomic mass is 32.2. The average molecular weight is 272 g/mol. The summed E-state index contributed by atoms with van der Waals surface area (Å²) in [4.78, 5) is 0.0657. The second kappa shape index (κ2) is 4.85. The first kappa shape index (κ1) is 13.3. The molecule has 1 atom stereocenters. The van der Waals surface area contributed by atoms with Crippen LogP contribution in [0.1, 0.15) is 6.42 Å². The maximum absolute atomic E-state index is 11.1. The molecule has 100 valence electrons. The van der Waals surface area contributed by atoms with Crippen LogP contribution in [0.25, 0.3) is 0 Å². The maximum Gasteiger partial charge on any atom is 0.238 e. The van der Waals surface area contributed by atoms with E-state index >= 15 is 0 Å². The molecule has 18 heavy (non-hydrogen) atoms. The van der Waals surface area contributed by atoms with Gasteiger partial charge in [0.2, 0.25) is 10.0 Å². The molecule has 0 saturated carbocycles. The molecule has 1 aliphatic heterocycles. The number of rotatable bonds is 4. The summed E-state index contributed by atoms with van der Waals surface area (Å²) < 4.78 is 27.3. The minimum atomic E-state index is -3.66. The van der Waals surface area contributed by atoms with Crippen molar-refractivity contribution in [2.75, 3.05) is 25.1 Å². The Balaban J connectivity index is 1.98. The number of anilines is 1. The minimum Gasteiger partial charge on any atom is -0.386 e. The normalized spacial score (nSPS) is 24.1. The Kier molecular flexibility index (Phi) is 3.58. The van der Waals surface area contributed by atoms with Gasteiger partial charge in [0.1, 0.15) is 5.60 Å². The number of sulfonamides is 1. The monoisotopic (exact) mass is 272 g/mol. The van der Waals surface area contributed by atoms with Crippen LogP contribution >= 0.6 is 0 Å². The lowest BCUT2D eigenvalue weighted by atomic mass is 10.0. The number of nitrogens with one attached hydrogen (secondary N) is 1. The van der Waals surface area contributed by atoms with Gasteiger partial charge in [-0.2, -0.15) is 0 Å². The smallest absolute Gasteiger partial charge is 0.238 e. The van der Waals surface area contributed by atoms with Gasteiger partial charge >= 0.3 is 0 Å². The largest absolute Gasteiger partial charge is 0.386 e. The summed E-state index contributed by atoms with van der Waals surface area (Å²) in [6.45, 7) is 1.24. The van der Waals surface area contributed by atoms with E-state index in [9.17, 15) is 13.5 Å². The molecule has 1 saturated heterocycles. The van der Waals surface area contributed by atoms with Gasteiger partial charge in [0.05, 0.1) is 11.5 Å². The van der Waals surface area contributed by atoms with Crippen LogP contribution in [0.3, 0.4) is 0 Å². The van der Waals surface area contributed by atoms with Crippen molar-refractivity contribution in [1.82, 2.24) is 0 Å². The minimum absolute atomic E-state index is 0.0657. The first-order chi connectivity index (χ1) is 8.39. The topological polar surface area (TPSA) is 102 Å². The average Bonchev–Trinajstić information content (AvgIpc) is 2.74. The van der Waals surface area contributed by atoms with Crippen molar-refractivity contribution in [3.63, 3.8) is 0 Å². The third kappa shape index (κ3) is 3.20. The van der Waals surface area contributed by atoms with Crippen LogP contribution < -0.4 is 10.5 Å². The summed E-state index contributed by atoms with van der Waals surface area (Å²) >= 11 is 0. The maximum atomic E-state index is 11.1. The van der Waals surface area contributed by atoms with Crippen molar-refractivity contribution in [1.29, 1.82) is 0 Å². The summed E-state index contributed by atoms with van der Waals surface area (Å²) in [5.74, 6) is 0. The Morgan fingerprint density at radius 3 is 2.56 bits per heavy atom. The Morgan fingerprint density at radius 2 is 2.06 bits per heavy atom. The van der Waals surface area contributed by atoms with Crippen LogP contribution in [0.2, 0.25) is 0 Å². The van der Waals surface area contributed by atoms with E-state index in [0.717, 1.165) is 5.69 Å². The molecule has 7 heteroatoms. The first-order valence-electron chi connectivity index (χ1n) is 5.56. The van der Waals surface area contributed by atoms with Crippen molar-refractivity contribution in [2.24, 2.45) is 5.14 Å². The molecular weight excluding hydrogens is 256 g/mol. The van der Waals surface area contributed by atoms with Gasteiger partial charge in [-0.15, -0.1) is 0 Å². The molecule has 1 aliphatic rings. The summed E-state index contributed by atoms with van der Waals surface area (Å²) in [5.41, 5.74) is -0.124. The van der Waals surface area contributed by atoms with Gasteiger partial charge in [0, 0.05) is 25.3 Å². The lowest BCUT2D eigenvalue weighted by Gasteiger charge is -2.21. The third-order valence-corrected chi connectivity index (χ3v) is 3.82. The highest BCUT2D eigenvalue weighted by molar-refractivity contribution is 7.89. The van der Waals surface area contributed by atoms with Gasteiger partial charge in [-0.05, 0) is 24.3 Å². The Morgan fingerprint density at radius 1 is 1.39 bits per heavy atom. The fraction of sp³-hybridized carbons (Fsp3) is 0.455. The molecule has 2 rings (SSSR count). The van der Waals surface area contributed by atoms with Crippen molar-refractivity contribution in [3.05, 3.63) is 24.3 Å². The highest BCUT2D eigenvalue weighted by Crippen LogP contribution is 2.20. The lowest BCUT2D eigenvalue weighted by Crippen LogP contribution is -2.37. The molecule has 6 nitrogen and oxygen atoms in total. The van der Waals surface area contributed by atoms with Gasteiger partial charge in [-0.1, -0.05) is 0 Å². The molecule has 0 spiro atoms. The van der Waals surface area contributed by atoms with Crippen LogP contribution in [0.15, 0.2) is 29.2 Å². The molecule has 0 aromatic heterocycles. The predicted octanol–water partition coefficient (Wildman–Crippen LogP) is -0.103. The number of primary sulfonamides is 1. The lowest BCUT2D eigenvalue weighted by molar-refractivity contribution is 0.0382. The van der Waals surface area contributed by atoms with Crippen molar-refractivity contribution < 1.29 is 18.3 Å². The molecule has 1 aromatic carbocycles. The second-order valence-electron chi connectivity index (χ2n) is 4.45. The zero-order valence-electron chi connectivity index (χ0n) is 9.80. The van der Waals surface area contributed by atoms with E-state index in [4.69, 9.17) is 9.88 Å². The van der Waals surface area contributed by atoms with Crippen molar-refractivity contribution >= 4 is 15.7 Å². The first-order valence-corrected chi connectivity index (χ1v) is 7.11. The third-order valence-electron chi connectivity index (χ3n) is 2.89. The van der Waals surface area contributed by atoms with Gasteiger partial charge in [0.25, 0.3) is 0 Å². The van der Waals surface area contributed by atoms with E-state index in [1.807, 2.05) is 0 Å². The Hall–Kier alpha value is -1.15. The Labute approximate surface area is 106 Å². The van der Waals surface area contributed by atoms with E-state index in [1.54, 1.807) is 12.1 Å². The molecule has 4 N–H and O–H groups in total. The van der Waals surface area contributed by atoms with Crippen LogP contribution in [0.5, 0.6) is 0 Å². The fourth-order valence-corrected chi connectivity index (χ4v) is 2.28. The van der Waals surface area contributed by atoms with Gasteiger partial charge in [-0.3, -0.25) is 0 Å². The summed E-state index contributed by atoms with van der Waals surface area (Å²) in [5, 5.41) is 18.1. The molecular formula is C11H16N2O4S. The zero-order chi connectivity index (χ0) is 13.2. The molecule has 1 aromatic rings. The molecule has 0 aliphatic carbocycles. The number of hydrogen-bond donors (Lipinski definition) is 3. The second-order valence-corrected chi connectivity index (χ2v) is 6.01. The fourth-order valence-electron chi connectivity index (χ4n) is 1.76. The summed E-state index contributed by atoms with van der Waals surface area (Å²) in [6.07, 6.45) is 0.593. The molecule has 0 radical (unpaired) electrons. The number of benzene rings is 1. The van der Waals surface area contributed by atoms with E-state index in [2.05, 4.69) is 5.32 Å². The predicted molar refractivity (Wildman–Crippen MR) is 66.7 cm³/mol. The molecule has 0 amide bonds. The number of ether oxygens (including phenoxy) is 1. The number of nitrogens with two attached hydrogens (primary N) is 1. The van der Waals surface area contributed by atoms with Crippen molar-refractivity contribution in [2.45, 2.75) is 16.9 Å². The molecule has 1 heterocycles. The Bertz CT molecular complexity index is 506. The quantitative estimate of drug-likeness (QED) is 0.710. The van der Waals surface area contributed by atoms with E-state index in [0.29, 0.717) is 26.2 Å². The summed E-state index contributed by atoms with van der Waals surface area (Å²) in [6, 6.07) is 6.07. The standard InChI is InChI=1S/C11H16N2O4S/c12-18(15,16)10-3-1-9(2-4-10)13-7-11(14)5-6-17-8-11/h1-4,13-14H,5-8H2,(H2,12,15,16). The van der Waals surface area contributed by atoms with Crippen LogP contribution in [-0.4, -0.2) is 38.9 Å². The van der Waals surface area contributed by atoms with Crippen LogP contribution in [0.4, 0.5) is 5.69 Å². The highest BCUT2D eigenvalue weighted by Gasteiger charge is 2.31. The SMILES string of the molecule is NS(=O)(=O)c1ccc(NCC2(O)CCOC2)cc1. The zero-order valence-corrected chi connectivity index (χ0v) is 10.6. The van der Waals surface area contributed by atoms with Crippen LogP contribution in [0, 0.1) is 0 Å². The van der Waals surface area contributed by atoms with Gasteiger partial charge < -0.3 is 15.2 Å². The van der Waals surface area contributed by atoms with Crippen molar-refractivity contribution in [3.8, 4) is 0 Å². The molecule has 1 fully saturated rings.